The van der Waals surface area contributed by atoms with Crippen LogP contribution in [-0.4, -0.2) is 42.7 Å². The van der Waals surface area contributed by atoms with E-state index in [1.54, 1.807) is 4.90 Å². The van der Waals surface area contributed by atoms with Crippen LogP contribution >= 0.6 is 0 Å². The van der Waals surface area contributed by atoms with Crippen molar-refractivity contribution in [1.29, 1.82) is 0 Å². The SMILES string of the molecule is CCCC(C)C(=O)N[C@@H]1CCCN(CCC(F)(F)F)C1. The van der Waals surface area contributed by atoms with Gasteiger partial charge in [-0.3, -0.25) is 4.79 Å². The highest BCUT2D eigenvalue weighted by atomic mass is 19.4. The number of alkyl halides is 3. The van der Waals surface area contributed by atoms with Gasteiger partial charge in [0.25, 0.3) is 0 Å². The Labute approximate surface area is 118 Å². The van der Waals surface area contributed by atoms with Gasteiger partial charge in [0, 0.05) is 25.0 Å². The largest absolute Gasteiger partial charge is 0.390 e. The number of halogens is 3. The molecule has 2 atom stereocenters. The maximum atomic E-state index is 12.2. The second-order valence-corrected chi connectivity index (χ2v) is 5.70. The minimum Gasteiger partial charge on any atom is -0.352 e. The topological polar surface area (TPSA) is 32.3 Å². The average molecular weight is 294 g/mol. The van der Waals surface area contributed by atoms with Gasteiger partial charge >= 0.3 is 6.18 Å². The molecular weight excluding hydrogens is 269 g/mol. The zero-order chi connectivity index (χ0) is 15.2. The Morgan fingerprint density at radius 3 is 2.75 bits per heavy atom. The summed E-state index contributed by atoms with van der Waals surface area (Å²) < 4.78 is 36.6. The quantitative estimate of drug-likeness (QED) is 0.817. The Kier molecular flexibility index (Phi) is 6.79. The summed E-state index contributed by atoms with van der Waals surface area (Å²) in [6.45, 7) is 5.17. The van der Waals surface area contributed by atoms with E-state index in [-0.39, 0.29) is 24.4 Å². The zero-order valence-electron chi connectivity index (χ0n) is 12.3. The lowest BCUT2D eigenvalue weighted by Crippen LogP contribution is -2.49. The predicted molar refractivity (Wildman–Crippen MR) is 72.3 cm³/mol. The lowest BCUT2D eigenvalue weighted by Gasteiger charge is -2.33. The molecule has 1 heterocycles. The van der Waals surface area contributed by atoms with Crippen LogP contribution in [0.15, 0.2) is 0 Å². The summed E-state index contributed by atoms with van der Waals surface area (Å²) in [5.41, 5.74) is 0. The van der Waals surface area contributed by atoms with Gasteiger partial charge in [-0.05, 0) is 25.8 Å². The summed E-state index contributed by atoms with van der Waals surface area (Å²) in [6, 6.07) is -0.0104. The van der Waals surface area contributed by atoms with Crippen LogP contribution in [0, 0.1) is 5.92 Å². The number of piperidine rings is 1. The number of hydrogen-bond acceptors (Lipinski definition) is 2. The van der Waals surface area contributed by atoms with E-state index in [1.807, 2.05) is 13.8 Å². The first-order chi connectivity index (χ1) is 9.31. The Morgan fingerprint density at radius 2 is 2.15 bits per heavy atom. The molecule has 3 nitrogen and oxygen atoms in total. The molecule has 1 aliphatic rings. The molecule has 0 saturated carbocycles. The molecule has 0 radical (unpaired) electrons. The number of carbonyl (C=O) groups excluding carboxylic acids is 1. The molecule has 1 unspecified atom stereocenters. The number of rotatable bonds is 6. The number of hydrogen-bond donors (Lipinski definition) is 1. The monoisotopic (exact) mass is 294 g/mol. The molecule has 1 fully saturated rings. The van der Waals surface area contributed by atoms with Crippen LogP contribution in [0.1, 0.15) is 46.0 Å². The van der Waals surface area contributed by atoms with E-state index in [1.165, 1.54) is 0 Å². The first kappa shape index (κ1) is 17.3. The molecular formula is C14H25F3N2O. The third-order valence-electron chi connectivity index (χ3n) is 3.73. The molecule has 1 rings (SSSR count). The third-order valence-corrected chi connectivity index (χ3v) is 3.73. The van der Waals surface area contributed by atoms with Gasteiger partial charge in [-0.25, -0.2) is 0 Å². The number of nitrogens with zero attached hydrogens (tertiary/aromatic N) is 1. The van der Waals surface area contributed by atoms with Crippen LogP contribution < -0.4 is 5.32 Å². The van der Waals surface area contributed by atoms with E-state index in [4.69, 9.17) is 0 Å². The standard InChI is InChI=1S/C14H25F3N2O/c1-3-5-11(2)13(20)18-12-6-4-8-19(10-12)9-7-14(15,16)17/h11-12H,3-10H2,1-2H3,(H,18,20)/t11?,12-/m1/s1. The molecule has 118 valence electrons. The highest BCUT2D eigenvalue weighted by Crippen LogP contribution is 2.21. The Hall–Kier alpha value is -0.780. The number of nitrogens with one attached hydrogen (secondary N) is 1. The first-order valence-electron chi connectivity index (χ1n) is 7.41. The van der Waals surface area contributed by atoms with Crippen molar-refractivity contribution >= 4 is 5.91 Å². The van der Waals surface area contributed by atoms with Crippen LogP contribution in [0.2, 0.25) is 0 Å². The van der Waals surface area contributed by atoms with E-state index in [9.17, 15) is 18.0 Å². The summed E-state index contributed by atoms with van der Waals surface area (Å²) in [5.74, 6) is 0.0000676. The van der Waals surface area contributed by atoms with Crippen molar-refractivity contribution in [3.63, 3.8) is 0 Å². The zero-order valence-corrected chi connectivity index (χ0v) is 12.3. The second kappa shape index (κ2) is 7.86. The van der Waals surface area contributed by atoms with E-state index in [0.717, 1.165) is 25.7 Å². The van der Waals surface area contributed by atoms with Crippen molar-refractivity contribution in [1.82, 2.24) is 10.2 Å². The second-order valence-electron chi connectivity index (χ2n) is 5.70. The summed E-state index contributed by atoms with van der Waals surface area (Å²) in [5, 5.41) is 2.97. The third kappa shape index (κ3) is 6.59. The number of likely N-dealkylation sites (tertiary alicyclic amines) is 1. The molecule has 1 aliphatic heterocycles. The molecule has 1 saturated heterocycles. The van der Waals surface area contributed by atoms with Crippen LogP contribution in [-0.2, 0) is 4.79 Å². The molecule has 0 aromatic rings. The van der Waals surface area contributed by atoms with E-state index in [0.29, 0.717) is 13.1 Å². The molecule has 1 amide bonds. The molecule has 20 heavy (non-hydrogen) atoms. The van der Waals surface area contributed by atoms with Crippen molar-refractivity contribution in [3.05, 3.63) is 0 Å². The van der Waals surface area contributed by atoms with Gasteiger partial charge in [0.1, 0.15) is 0 Å². The van der Waals surface area contributed by atoms with Gasteiger partial charge in [-0.1, -0.05) is 20.3 Å². The maximum absolute atomic E-state index is 12.2. The molecule has 0 bridgehead atoms. The molecule has 0 aromatic carbocycles. The first-order valence-corrected chi connectivity index (χ1v) is 7.41. The summed E-state index contributed by atoms with van der Waals surface area (Å²) in [7, 11) is 0. The molecule has 0 spiro atoms. The normalized spacial score (nSPS) is 22.6. The van der Waals surface area contributed by atoms with Gasteiger partial charge in [0.05, 0.1) is 6.42 Å². The predicted octanol–water partition coefficient (Wildman–Crippen LogP) is 2.96. The fourth-order valence-corrected chi connectivity index (χ4v) is 2.57. The van der Waals surface area contributed by atoms with Gasteiger partial charge in [-0.15, -0.1) is 0 Å². The van der Waals surface area contributed by atoms with E-state index >= 15 is 0 Å². The summed E-state index contributed by atoms with van der Waals surface area (Å²) in [6.07, 6.45) is -1.39. The van der Waals surface area contributed by atoms with Crippen molar-refractivity contribution in [2.45, 2.75) is 58.2 Å². The van der Waals surface area contributed by atoms with Gasteiger partial charge in [0.2, 0.25) is 5.91 Å². The van der Waals surface area contributed by atoms with Crippen molar-refractivity contribution in [3.8, 4) is 0 Å². The summed E-state index contributed by atoms with van der Waals surface area (Å²) in [4.78, 5) is 13.7. The minimum atomic E-state index is -4.11. The van der Waals surface area contributed by atoms with Crippen LogP contribution in [0.25, 0.3) is 0 Å². The molecule has 0 aliphatic carbocycles. The Balaban J connectivity index is 2.35. The Morgan fingerprint density at radius 1 is 1.45 bits per heavy atom. The smallest absolute Gasteiger partial charge is 0.352 e. The fourth-order valence-electron chi connectivity index (χ4n) is 2.57. The van der Waals surface area contributed by atoms with E-state index < -0.39 is 12.6 Å². The highest BCUT2D eigenvalue weighted by molar-refractivity contribution is 5.78. The van der Waals surface area contributed by atoms with Crippen molar-refractivity contribution < 1.29 is 18.0 Å². The lowest BCUT2D eigenvalue weighted by atomic mass is 10.0. The summed E-state index contributed by atoms with van der Waals surface area (Å²) >= 11 is 0. The molecule has 0 aromatic heterocycles. The van der Waals surface area contributed by atoms with Crippen LogP contribution in [0.3, 0.4) is 0 Å². The van der Waals surface area contributed by atoms with Crippen molar-refractivity contribution in [2.24, 2.45) is 5.92 Å². The van der Waals surface area contributed by atoms with Crippen LogP contribution in [0.5, 0.6) is 0 Å². The van der Waals surface area contributed by atoms with Gasteiger partial charge < -0.3 is 10.2 Å². The van der Waals surface area contributed by atoms with Crippen molar-refractivity contribution in [2.75, 3.05) is 19.6 Å². The molecule has 6 heteroatoms. The highest BCUT2D eigenvalue weighted by Gasteiger charge is 2.29. The Bertz CT molecular complexity index is 307. The van der Waals surface area contributed by atoms with Gasteiger partial charge in [-0.2, -0.15) is 13.2 Å². The number of carbonyl (C=O) groups is 1. The van der Waals surface area contributed by atoms with E-state index in [2.05, 4.69) is 5.32 Å². The number of amides is 1. The molecule has 1 N–H and O–H groups in total. The lowest BCUT2D eigenvalue weighted by molar-refractivity contribution is -0.139. The minimum absolute atomic E-state index is 0.0104. The average Bonchev–Trinajstić information content (AvgIpc) is 2.36. The van der Waals surface area contributed by atoms with Crippen LogP contribution in [0.4, 0.5) is 13.2 Å². The maximum Gasteiger partial charge on any atom is 0.390 e. The fraction of sp³-hybridized carbons (Fsp3) is 0.929. The van der Waals surface area contributed by atoms with Gasteiger partial charge in [0.15, 0.2) is 0 Å².